The number of hydrogen-bond donors (Lipinski definition) is 3. The Hall–Kier alpha value is -2.65. The molecule has 0 fully saturated rings. The highest BCUT2D eigenvalue weighted by Gasteiger charge is 2.22. The zero-order valence-electron chi connectivity index (χ0n) is 13.8. The average molecular weight is 434 g/mol. The topological polar surface area (TPSA) is 114 Å². The highest BCUT2D eigenvalue weighted by Crippen LogP contribution is 2.22. The van der Waals surface area contributed by atoms with E-state index in [2.05, 4.69) is 25.8 Å². The number of aryl methyl sites for hydroxylation is 1. The van der Waals surface area contributed by atoms with Gasteiger partial charge < -0.3 is 5.73 Å². The van der Waals surface area contributed by atoms with Crippen molar-refractivity contribution in [1.29, 1.82) is 5.41 Å². The van der Waals surface area contributed by atoms with Crippen molar-refractivity contribution in [3.05, 3.63) is 70.3 Å². The van der Waals surface area contributed by atoms with Gasteiger partial charge in [0, 0.05) is 21.8 Å². The Morgan fingerprint density at radius 3 is 2.54 bits per heavy atom. The zero-order chi connectivity index (χ0) is 18.9. The Kier molecular flexibility index (Phi) is 4.84. The molecule has 2 aromatic carbocycles. The monoisotopic (exact) mass is 433 g/mol. The molecule has 0 amide bonds. The van der Waals surface area contributed by atoms with Gasteiger partial charge in [-0.3, -0.25) is 10.1 Å². The van der Waals surface area contributed by atoms with Crippen LogP contribution in [0.25, 0.3) is 5.69 Å². The Labute approximate surface area is 159 Å². The van der Waals surface area contributed by atoms with Gasteiger partial charge >= 0.3 is 0 Å². The Morgan fingerprint density at radius 2 is 1.88 bits per heavy atom. The van der Waals surface area contributed by atoms with E-state index in [1.165, 1.54) is 10.7 Å². The lowest BCUT2D eigenvalue weighted by atomic mass is 10.2. The van der Waals surface area contributed by atoms with E-state index in [0.717, 1.165) is 4.47 Å². The SMILES string of the molecule is Cc1cc(S(=O)(=O)Nc2ccc(Br)cc2)n(-c2cccc(C(=N)N)c2)n1. The van der Waals surface area contributed by atoms with Crippen LogP contribution in [-0.4, -0.2) is 24.0 Å². The van der Waals surface area contributed by atoms with E-state index in [0.29, 0.717) is 22.6 Å². The fraction of sp³-hybridized carbons (Fsp3) is 0.0588. The van der Waals surface area contributed by atoms with Gasteiger partial charge in [-0.25, -0.2) is 4.68 Å². The summed E-state index contributed by atoms with van der Waals surface area (Å²) in [7, 11) is -3.87. The molecular weight excluding hydrogens is 418 g/mol. The molecule has 0 aliphatic rings. The van der Waals surface area contributed by atoms with Gasteiger partial charge in [-0.2, -0.15) is 13.5 Å². The maximum absolute atomic E-state index is 12.9. The first-order chi connectivity index (χ1) is 12.3. The van der Waals surface area contributed by atoms with Crippen LogP contribution in [0.15, 0.2) is 64.1 Å². The van der Waals surface area contributed by atoms with Crippen LogP contribution < -0.4 is 10.5 Å². The Morgan fingerprint density at radius 1 is 1.19 bits per heavy atom. The Balaban J connectivity index is 2.05. The lowest BCUT2D eigenvalue weighted by molar-refractivity contribution is 0.591. The quantitative estimate of drug-likeness (QED) is 0.423. The fourth-order valence-electron chi connectivity index (χ4n) is 2.38. The standard InChI is InChI=1S/C17H16BrN5O2S/c1-11-9-16(26(24,25)22-14-7-5-13(18)6-8-14)23(21-11)15-4-2-3-12(10-15)17(19)20/h2-10,22H,1H3,(H3,19,20). The molecule has 0 radical (unpaired) electrons. The van der Waals surface area contributed by atoms with Crippen molar-refractivity contribution in [3.63, 3.8) is 0 Å². The molecule has 0 bridgehead atoms. The first-order valence-electron chi connectivity index (χ1n) is 7.56. The summed E-state index contributed by atoms with van der Waals surface area (Å²) in [4.78, 5) is 0. The number of halogens is 1. The lowest BCUT2D eigenvalue weighted by Gasteiger charge is -2.11. The number of sulfonamides is 1. The number of amidine groups is 1. The molecule has 0 aliphatic heterocycles. The second-order valence-corrected chi connectivity index (χ2v) is 8.16. The third-order valence-corrected chi connectivity index (χ3v) is 5.45. The maximum Gasteiger partial charge on any atom is 0.279 e. The molecule has 1 aromatic heterocycles. The van der Waals surface area contributed by atoms with Gasteiger partial charge in [0.2, 0.25) is 0 Å². The van der Waals surface area contributed by atoms with Crippen LogP contribution in [0, 0.1) is 12.3 Å². The van der Waals surface area contributed by atoms with E-state index in [1.807, 2.05) is 0 Å². The van der Waals surface area contributed by atoms with Gasteiger partial charge in [0.25, 0.3) is 10.0 Å². The predicted octanol–water partition coefficient (Wildman–Crippen LogP) is 3.03. The van der Waals surface area contributed by atoms with Gasteiger partial charge in [-0.05, 0) is 43.3 Å². The van der Waals surface area contributed by atoms with E-state index in [-0.39, 0.29) is 10.9 Å². The molecule has 0 atom stereocenters. The zero-order valence-corrected chi connectivity index (χ0v) is 16.2. The van der Waals surface area contributed by atoms with Crippen LogP contribution >= 0.6 is 15.9 Å². The highest BCUT2D eigenvalue weighted by molar-refractivity contribution is 9.10. The molecule has 0 saturated carbocycles. The number of hydrogen-bond acceptors (Lipinski definition) is 4. The second kappa shape index (κ2) is 6.93. The lowest BCUT2D eigenvalue weighted by Crippen LogP contribution is -2.18. The minimum Gasteiger partial charge on any atom is -0.384 e. The van der Waals surface area contributed by atoms with Crippen molar-refractivity contribution in [1.82, 2.24) is 9.78 Å². The molecule has 3 aromatic rings. The van der Waals surface area contributed by atoms with Crippen LogP contribution in [0.1, 0.15) is 11.3 Å². The van der Waals surface area contributed by atoms with Crippen LogP contribution in [0.4, 0.5) is 5.69 Å². The summed E-state index contributed by atoms with van der Waals surface area (Å²) in [6, 6.07) is 15.0. The van der Waals surface area contributed by atoms with Crippen molar-refractivity contribution in [3.8, 4) is 5.69 Å². The summed E-state index contributed by atoms with van der Waals surface area (Å²) in [6.45, 7) is 1.71. The minimum absolute atomic E-state index is 0.00128. The molecule has 134 valence electrons. The van der Waals surface area contributed by atoms with E-state index in [1.54, 1.807) is 55.5 Å². The number of nitrogens with one attached hydrogen (secondary N) is 2. The third-order valence-electron chi connectivity index (χ3n) is 3.57. The summed E-state index contributed by atoms with van der Waals surface area (Å²) in [5, 5.41) is 11.8. The van der Waals surface area contributed by atoms with E-state index >= 15 is 0 Å². The minimum atomic E-state index is -3.87. The third kappa shape index (κ3) is 3.78. The molecule has 1 heterocycles. The molecular formula is C17H16BrN5O2S. The van der Waals surface area contributed by atoms with Crippen LogP contribution in [0.2, 0.25) is 0 Å². The van der Waals surface area contributed by atoms with Crippen molar-refractivity contribution in [2.75, 3.05) is 4.72 Å². The molecule has 0 unspecified atom stereocenters. The first kappa shape index (κ1) is 18.2. The van der Waals surface area contributed by atoms with Crippen LogP contribution in [-0.2, 0) is 10.0 Å². The van der Waals surface area contributed by atoms with E-state index in [4.69, 9.17) is 11.1 Å². The molecule has 26 heavy (non-hydrogen) atoms. The molecule has 0 aliphatic carbocycles. The number of rotatable bonds is 5. The number of nitrogen functional groups attached to an aromatic ring is 1. The molecule has 3 rings (SSSR count). The highest BCUT2D eigenvalue weighted by atomic mass is 79.9. The molecule has 0 saturated heterocycles. The van der Waals surface area contributed by atoms with Crippen molar-refractivity contribution in [2.24, 2.45) is 5.73 Å². The number of benzene rings is 2. The van der Waals surface area contributed by atoms with E-state index < -0.39 is 10.0 Å². The van der Waals surface area contributed by atoms with Gasteiger partial charge in [0.1, 0.15) is 5.84 Å². The van der Waals surface area contributed by atoms with Crippen LogP contribution in [0.3, 0.4) is 0 Å². The van der Waals surface area contributed by atoms with Gasteiger partial charge in [0.05, 0.1) is 11.4 Å². The predicted molar refractivity (Wildman–Crippen MR) is 104 cm³/mol. The Bertz CT molecular complexity index is 1070. The summed E-state index contributed by atoms with van der Waals surface area (Å²) in [5.41, 5.74) is 7.50. The van der Waals surface area contributed by atoms with Crippen LogP contribution in [0.5, 0.6) is 0 Å². The molecule has 0 spiro atoms. The van der Waals surface area contributed by atoms with Gasteiger partial charge in [-0.15, -0.1) is 0 Å². The molecule has 9 heteroatoms. The smallest absolute Gasteiger partial charge is 0.279 e. The maximum atomic E-state index is 12.9. The summed E-state index contributed by atoms with van der Waals surface area (Å²) >= 11 is 3.32. The number of nitrogens with zero attached hydrogens (tertiary/aromatic N) is 2. The second-order valence-electron chi connectivity index (χ2n) is 5.61. The number of anilines is 1. The van der Waals surface area contributed by atoms with Crippen molar-refractivity contribution >= 4 is 37.5 Å². The molecule has 7 nitrogen and oxygen atoms in total. The first-order valence-corrected chi connectivity index (χ1v) is 9.84. The largest absolute Gasteiger partial charge is 0.384 e. The van der Waals surface area contributed by atoms with Gasteiger partial charge in [0.15, 0.2) is 5.03 Å². The summed E-state index contributed by atoms with van der Waals surface area (Å²) in [5.74, 6) is -0.104. The van der Waals surface area contributed by atoms with Gasteiger partial charge in [-0.1, -0.05) is 28.1 Å². The fourth-order valence-corrected chi connectivity index (χ4v) is 3.90. The van der Waals surface area contributed by atoms with Crippen molar-refractivity contribution < 1.29 is 8.42 Å². The number of nitrogens with two attached hydrogens (primary N) is 1. The summed E-state index contributed by atoms with van der Waals surface area (Å²) in [6.07, 6.45) is 0. The van der Waals surface area contributed by atoms with E-state index in [9.17, 15) is 8.42 Å². The molecule has 4 N–H and O–H groups in total. The normalized spacial score (nSPS) is 11.3. The van der Waals surface area contributed by atoms with Crippen molar-refractivity contribution in [2.45, 2.75) is 11.9 Å². The number of aromatic nitrogens is 2. The average Bonchev–Trinajstić information content (AvgIpc) is 3.00. The summed E-state index contributed by atoms with van der Waals surface area (Å²) < 4.78 is 30.4.